The van der Waals surface area contributed by atoms with Crippen molar-refractivity contribution in [2.75, 3.05) is 0 Å². The maximum absolute atomic E-state index is 10.1. The van der Waals surface area contributed by atoms with Crippen molar-refractivity contribution in [1.29, 1.82) is 0 Å². The monoisotopic (exact) mass is 194 g/mol. The molecule has 0 aromatic heterocycles. The van der Waals surface area contributed by atoms with Crippen LogP contribution in [0.25, 0.3) is 0 Å². The Labute approximate surface area is 87.2 Å². The van der Waals surface area contributed by atoms with Gasteiger partial charge in [0.15, 0.2) is 0 Å². The minimum Gasteiger partial charge on any atom is -0.393 e. The van der Waals surface area contributed by atoms with Crippen LogP contribution in [0.4, 0.5) is 0 Å². The van der Waals surface area contributed by atoms with Gasteiger partial charge < -0.3 is 5.11 Å². The molecule has 14 heavy (non-hydrogen) atoms. The lowest BCUT2D eigenvalue weighted by Gasteiger charge is -2.49. The molecule has 1 N–H and O–H groups in total. The summed E-state index contributed by atoms with van der Waals surface area (Å²) in [7, 11) is 0. The fourth-order valence-electron chi connectivity index (χ4n) is 3.35. The van der Waals surface area contributed by atoms with Gasteiger partial charge in [-0.05, 0) is 45.4 Å². The quantitative estimate of drug-likeness (QED) is 0.587. The van der Waals surface area contributed by atoms with E-state index in [0.29, 0.717) is 0 Å². The van der Waals surface area contributed by atoms with Gasteiger partial charge in [-0.1, -0.05) is 24.5 Å². The fourth-order valence-corrected chi connectivity index (χ4v) is 3.35. The molecule has 0 unspecified atom stereocenters. The molecule has 0 saturated heterocycles. The molecule has 0 aliphatic heterocycles. The normalized spacial score (nSPS) is 43.7. The first-order valence-electron chi connectivity index (χ1n) is 5.87. The summed E-state index contributed by atoms with van der Waals surface area (Å²) in [5.41, 5.74) is 3.27. The van der Waals surface area contributed by atoms with Crippen LogP contribution in [-0.2, 0) is 0 Å². The zero-order valence-electron chi connectivity index (χ0n) is 9.64. The molecule has 0 amide bonds. The molecule has 80 valence electrons. The van der Waals surface area contributed by atoms with Gasteiger partial charge in [0.2, 0.25) is 0 Å². The Bertz CT molecular complexity index is 266. The van der Waals surface area contributed by atoms with Gasteiger partial charge in [0.05, 0.1) is 6.10 Å². The predicted molar refractivity (Wildman–Crippen MR) is 59.1 cm³/mol. The Kier molecular flexibility index (Phi) is 2.46. The number of hydrogen-bond acceptors (Lipinski definition) is 1. The van der Waals surface area contributed by atoms with Crippen molar-refractivity contribution < 1.29 is 5.11 Å². The third-order valence-corrected chi connectivity index (χ3v) is 4.65. The van der Waals surface area contributed by atoms with Gasteiger partial charge in [-0.3, -0.25) is 0 Å². The summed E-state index contributed by atoms with van der Waals surface area (Å²) in [6.07, 6.45) is 5.82. The Morgan fingerprint density at radius 1 is 1.21 bits per heavy atom. The van der Waals surface area contributed by atoms with E-state index in [-0.39, 0.29) is 11.5 Å². The Hall–Kier alpha value is -0.300. The molecule has 1 fully saturated rings. The van der Waals surface area contributed by atoms with E-state index in [2.05, 4.69) is 20.8 Å². The maximum atomic E-state index is 10.1. The zero-order valence-corrected chi connectivity index (χ0v) is 9.64. The van der Waals surface area contributed by atoms with E-state index in [1.165, 1.54) is 24.8 Å². The number of hydrogen-bond donors (Lipinski definition) is 1. The van der Waals surface area contributed by atoms with Gasteiger partial charge in [0, 0.05) is 5.41 Å². The standard InChI is InChI=1S/C13H22O/c1-9-7-11-5-4-6-12(14)13(11,3)8-10(9)2/h11-12,14H,4-8H2,1-3H3/t11-,12-,13+/m0/s1. The predicted octanol–water partition coefficient (Wildman–Crippen LogP) is 3.28. The second kappa shape index (κ2) is 3.37. The number of aliphatic hydroxyl groups is 1. The minimum atomic E-state index is -0.0655. The van der Waals surface area contributed by atoms with E-state index < -0.39 is 0 Å². The summed E-state index contributed by atoms with van der Waals surface area (Å²) in [5.74, 6) is 0.731. The molecule has 1 heteroatoms. The van der Waals surface area contributed by atoms with E-state index >= 15 is 0 Å². The van der Waals surface area contributed by atoms with Crippen molar-refractivity contribution in [2.45, 2.75) is 59.0 Å². The second-order valence-corrected chi connectivity index (χ2v) is 5.59. The van der Waals surface area contributed by atoms with E-state index in [4.69, 9.17) is 0 Å². The van der Waals surface area contributed by atoms with Gasteiger partial charge in [0.1, 0.15) is 0 Å². The molecule has 0 aromatic rings. The van der Waals surface area contributed by atoms with Gasteiger partial charge in [-0.2, -0.15) is 0 Å². The van der Waals surface area contributed by atoms with Crippen molar-refractivity contribution in [3.63, 3.8) is 0 Å². The van der Waals surface area contributed by atoms with E-state index in [9.17, 15) is 5.11 Å². The highest BCUT2D eigenvalue weighted by Crippen LogP contribution is 2.51. The summed E-state index contributed by atoms with van der Waals surface area (Å²) in [4.78, 5) is 0. The lowest BCUT2D eigenvalue weighted by molar-refractivity contribution is -0.0467. The van der Waals surface area contributed by atoms with E-state index in [0.717, 1.165) is 18.8 Å². The van der Waals surface area contributed by atoms with Crippen LogP contribution in [0.2, 0.25) is 0 Å². The second-order valence-electron chi connectivity index (χ2n) is 5.59. The molecule has 0 bridgehead atoms. The summed E-state index contributed by atoms with van der Waals surface area (Å²) >= 11 is 0. The molecule has 2 aliphatic carbocycles. The first-order valence-corrected chi connectivity index (χ1v) is 5.87. The third kappa shape index (κ3) is 1.42. The van der Waals surface area contributed by atoms with Crippen LogP contribution in [0.3, 0.4) is 0 Å². The lowest BCUT2D eigenvalue weighted by atomic mass is 9.58. The van der Waals surface area contributed by atoms with Crippen LogP contribution in [0.15, 0.2) is 11.1 Å². The smallest absolute Gasteiger partial charge is 0.0599 e. The number of rotatable bonds is 0. The van der Waals surface area contributed by atoms with E-state index in [1.807, 2.05) is 0 Å². The Balaban J connectivity index is 2.28. The SMILES string of the molecule is CC1=C(C)C[C@]2(C)[C@@H](CCC[C@@H]2O)C1. The van der Waals surface area contributed by atoms with Gasteiger partial charge >= 0.3 is 0 Å². The van der Waals surface area contributed by atoms with Crippen LogP contribution in [0, 0.1) is 11.3 Å². The van der Waals surface area contributed by atoms with Crippen molar-refractivity contribution in [1.82, 2.24) is 0 Å². The van der Waals surface area contributed by atoms with Crippen LogP contribution in [0.1, 0.15) is 52.9 Å². The largest absolute Gasteiger partial charge is 0.393 e. The number of aliphatic hydroxyl groups excluding tert-OH is 1. The molecule has 3 atom stereocenters. The fraction of sp³-hybridized carbons (Fsp3) is 0.846. The number of allylic oxidation sites excluding steroid dienone is 2. The van der Waals surface area contributed by atoms with Crippen LogP contribution in [-0.4, -0.2) is 11.2 Å². The molecule has 2 aliphatic rings. The molecule has 2 rings (SSSR count). The molecule has 0 spiro atoms. The first-order chi connectivity index (χ1) is 6.54. The molecule has 0 radical (unpaired) electrons. The molecule has 0 heterocycles. The van der Waals surface area contributed by atoms with Crippen molar-refractivity contribution in [3.8, 4) is 0 Å². The van der Waals surface area contributed by atoms with Gasteiger partial charge in [-0.15, -0.1) is 0 Å². The lowest BCUT2D eigenvalue weighted by Crippen LogP contribution is -2.44. The molecule has 1 saturated carbocycles. The molecular weight excluding hydrogens is 172 g/mol. The third-order valence-electron chi connectivity index (χ3n) is 4.65. The Morgan fingerprint density at radius 2 is 1.93 bits per heavy atom. The van der Waals surface area contributed by atoms with Crippen molar-refractivity contribution in [2.24, 2.45) is 11.3 Å². The molecule has 0 aromatic carbocycles. The topological polar surface area (TPSA) is 20.2 Å². The van der Waals surface area contributed by atoms with Crippen LogP contribution in [0.5, 0.6) is 0 Å². The summed E-state index contributed by atoms with van der Waals surface area (Å²) < 4.78 is 0. The zero-order chi connectivity index (χ0) is 10.3. The van der Waals surface area contributed by atoms with Gasteiger partial charge in [0.25, 0.3) is 0 Å². The summed E-state index contributed by atoms with van der Waals surface area (Å²) in [6, 6.07) is 0. The first kappa shape index (κ1) is 10.2. The van der Waals surface area contributed by atoms with Crippen LogP contribution < -0.4 is 0 Å². The van der Waals surface area contributed by atoms with Gasteiger partial charge in [-0.25, -0.2) is 0 Å². The molecular formula is C13H22O. The molecule has 1 nitrogen and oxygen atoms in total. The maximum Gasteiger partial charge on any atom is 0.0599 e. The average Bonchev–Trinajstić information content (AvgIpc) is 2.11. The highest BCUT2D eigenvalue weighted by Gasteiger charge is 2.45. The highest BCUT2D eigenvalue weighted by molar-refractivity contribution is 5.19. The van der Waals surface area contributed by atoms with E-state index in [1.54, 1.807) is 5.57 Å². The van der Waals surface area contributed by atoms with Crippen molar-refractivity contribution >= 4 is 0 Å². The summed E-state index contributed by atoms with van der Waals surface area (Å²) in [5, 5.41) is 10.1. The average molecular weight is 194 g/mol. The summed E-state index contributed by atoms with van der Waals surface area (Å²) in [6.45, 7) is 6.78. The highest BCUT2D eigenvalue weighted by atomic mass is 16.3. The minimum absolute atomic E-state index is 0.0655. The number of fused-ring (bicyclic) bond motifs is 1. The van der Waals surface area contributed by atoms with Crippen LogP contribution >= 0.6 is 0 Å². The Morgan fingerprint density at radius 3 is 2.64 bits per heavy atom. The van der Waals surface area contributed by atoms with Crippen molar-refractivity contribution in [3.05, 3.63) is 11.1 Å².